The molecule has 0 aliphatic carbocycles. The molecule has 1 atom stereocenters. The van der Waals surface area contributed by atoms with Crippen molar-refractivity contribution in [1.82, 2.24) is 9.97 Å². The van der Waals surface area contributed by atoms with Crippen LogP contribution in [0.4, 0.5) is 4.39 Å². The second-order valence-corrected chi connectivity index (χ2v) is 7.60. The molecule has 0 saturated carbocycles. The summed E-state index contributed by atoms with van der Waals surface area (Å²) >= 11 is 0. The summed E-state index contributed by atoms with van der Waals surface area (Å²) in [5, 5.41) is 0. The first-order chi connectivity index (χ1) is 15.2. The number of rotatable bonds is 12. The molecule has 0 aliphatic rings. The zero-order valence-corrected chi connectivity index (χ0v) is 18.4. The van der Waals surface area contributed by atoms with Crippen LogP contribution >= 0.6 is 0 Å². The molecule has 0 amide bonds. The summed E-state index contributed by atoms with van der Waals surface area (Å²) in [5.41, 5.74) is 2.88. The third-order valence-electron chi connectivity index (χ3n) is 5.02. The Labute approximate surface area is 184 Å². The predicted molar refractivity (Wildman–Crippen MR) is 123 cm³/mol. The third kappa shape index (κ3) is 7.06. The van der Waals surface area contributed by atoms with E-state index >= 15 is 0 Å². The number of hydrogen-bond donors (Lipinski definition) is 0. The van der Waals surface area contributed by atoms with Crippen LogP contribution < -0.4 is 9.47 Å². The van der Waals surface area contributed by atoms with E-state index in [2.05, 4.69) is 23.8 Å². The van der Waals surface area contributed by atoms with Crippen LogP contribution in [0.25, 0.3) is 22.5 Å². The largest absolute Gasteiger partial charge is 0.494 e. The van der Waals surface area contributed by atoms with Gasteiger partial charge in [0, 0.05) is 23.5 Å². The Hall–Kier alpha value is -2.95. The summed E-state index contributed by atoms with van der Waals surface area (Å²) in [6.07, 6.45) is 7.31. The Bertz CT molecular complexity index is 896. The van der Waals surface area contributed by atoms with Gasteiger partial charge in [-0.15, -0.1) is 0 Å². The molecule has 0 N–H and O–H groups in total. The molecule has 0 saturated heterocycles. The fraction of sp³-hybridized carbons (Fsp3) is 0.385. The van der Waals surface area contributed by atoms with Gasteiger partial charge in [-0.2, -0.15) is 0 Å². The lowest BCUT2D eigenvalue weighted by Gasteiger charge is -2.10. The van der Waals surface area contributed by atoms with E-state index in [1.165, 1.54) is 0 Å². The maximum Gasteiger partial charge on any atom is 0.159 e. The molecule has 0 fully saturated rings. The molecular formula is C26H31FN2O2. The minimum Gasteiger partial charge on any atom is -0.494 e. The van der Waals surface area contributed by atoms with Gasteiger partial charge >= 0.3 is 0 Å². The topological polar surface area (TPSA) is 44.2 Å². The van der Waals surface area contributed by atoms with Crippen LogP contribution in [-0.4, -0.2) is 29.4 Å². The van der Waals surface area contributed by atoms with Crippen molar-refractivity contribution in [1.29, 1.82) is 0 Å². The molecule has 1 aromatic heterocycles. The van der Waals surface area contributed by atoms with Gasteiger partial charge in [-0.05, 0) is 54.8 Å². The van der Waals surface area contributed by atoms with Crippen LogP contribution in [0.3, 0.4) is 0 Å². The highest BCUT2D eigenvalue weighted by atomic mass is 19.1. The minimum atomic E-state index is -0.924. The predicted octanol–water partition coefficient (Wildman–Crippen LogP) is 6.90. The zero-order chi connectivity index (χ0) is 21.9. The highest BCUT2D eigenvalue weighted by Gasteiger charge is 2.08. The molecule has 31 heavy (non-hydrogen) atoms. The van der Waals surface area contributed by atoms with Gasteiger partial charge in [-0.25, -0.2) is 14.4 Å². The molecule has 3 aromatic rings. The van der Waals surface area contributed by atoms with Gasteiger partial charge in [-0.3, -0.25) is 0 Å². The van der Waals surface area contributed by atoms with E-state index < -0.39 is 6.17 Å². The summed E-state index contributed by atoms with van der Waals surface area (Å²) in [6.45, 7) is 5.04. The Balaban J connectivity index is 1.57. The second-order valence-electron chi connectivity index (χ2n) is 7.60. The van der Waals surface area contributed by atoms with Gasteiger partial charge in [0.1, 0.15) is 24.3 Å². The van der Waals surface area contributed by atoms with E-state index in [0.29, 0.717) is 18.0 Å². The first-order valence-electron chi connectivity index (χ1n) is 11.1. The number of alkyl halides is 1. The van der Waals surface area contributed by atoms with Crippen molar-refractivity contribution in [2.24, 2.45) is 0 Å². The van der Waals surface area contributed by atoms with Crippen LogP contribution in [0.15, 0.2) is 60.9 Å². The minimum absolute atomic E-state index is 0.0903. The molecule has 1 unspecified atom stereocenters. The molecule has 3 rings (SSSR count). The first-order valence-corrected chi connectivity index (χ1v) is 11.1. The molecule has 0 bridgehead atoms. The van der Waals surface area contributed by atoms with E-state index in [0.717, 1.165) is 54.7 Å². The molecule has 0 aliphatic heterocycles. The molecular weight excluding hydrogens is 391 g/mol. The van der Waals surface area contributed by atoms with Crippen molar-refractivity contribution in [3.63, 3.8) is 0 Å². The molecule has 164 valence electrons. The average molecular weight is 423 g/mol. The number of ether oxygens (including phenoxy) is 2. The smallest absolute Gasteiger partial charge is 0.159 e. The van der Waals surface area contributed by atoms with Crippen molar-refractivity contribution >= 4 is 0 Å². The molecule has 5 heteroatoms. The van der Waals surface area contributed by atoms with E-state index in [4.69, 9.17) is 9.47 Å². The molecule has 4 nitrogen and oxygen atoms in total. The monoisotopic (exact) mass is 422 g/mol. The fourth-order valence-electron chi connectivity index (χ4n) is 3.10. The lowest BCUT2D eigenvalue weighted by molar-refractivity contribution is 0.184. The van der Waals surface area contributed by atoms with Gasteiger partial charge in [0.2, 0.25) is 0 Å². The Kier molecular flexibility index (Phi) is 8.83. The van der Waals surface area contributed by atoms with E-state index in [-0.39, 0.29) is 6.61 Å². The number of hydrogen-bond acceptors (Lipinski definition) is 4. The molecule has 2 aromatic carbocycles. The maximum atomic E-state index is 13.7. The summed E-state index contributed by atoms with van der Waals surface area (Å²) in [6, 6.07) is 15.4. The Morgan fingerprint density at radius 3 is 1.94 bits per heavy atom. The van der Waals surface area contributed by atoms with Gasteiger partial charge in [0.25, 0.3) is 0 Å². The molecule has 0 spiro atoms. The zero-order valence-electron chi connectivity index (χ0n) is 18.4. The third-order valence-corrected chi connectivity index (χ3v) is 5.02. The number of benzene rings is 2. The summed E-state index contributed by atoms with van der Waals surface area (Å²) in [7, 11) is 0. The van der Waals surface area contributed by atoms with Crippen LogP contribution in [0.1, 0.15) is 46.0 Å². The number of unbranched alkanes of at least 4 members (excludes halogenated alkanes) is 2. The van der Waals surface area contributed by atoms with E-state index in [1.807, 2.05) is 60.9 Å². The maximum absolute atomic E-state index is 13.7. The van der Waals surface area contributed by atoms with Crippen LogP contribution in [0, 0.1) is 0 Å². The summed E-state index contributed by atoms with van der Waals surface area (Å²) < 4.78 is 25.0. The van der Waals surface area contributed by atoms with Crippen molar-refractivity contribution in [3.05, 3.63) is 60.9 Å². The van der Waals surface area contributed by atoms with E-state index in [9.17, 15) is 4.39 Å². The molecule has 1 heterocycles. The lowest BCUT2D eigenvalue weighted by Crippen LogP contribution is -2.12. The second kappa shape index (κ2) is 12.0. The summed E-state index contributed by atoms with van der Waals surface area (Å²) in [5.74, 6) is 2.17. The quantitative estimate of drug-likeness (QED) is 0.298. The lowest BCUT2D eigenvalue weighted by atomic mass is 10.1. The van der Waals surface area contributed by atoms with Crippen LogP contribution in [-0.2, 0) is 0 Å². The van der Waals surface area contributed by atoms with E-state index in [1.54, 1.807) is 0 Å². The Morgan fingerprint density at radius 1 is 0.742 bits per heavy atom. The molecule has 0 radical (unpaired) electrons. The van der Waals surface area contributed by atoms with Crippen LogP contribution in [0.5, 0.6) is 11.5 Å². The Morgan fingerprint density at radius 2 is 1.32 bits per heavy atom. The number of halogens is 1. The van der Waals surface area contributed by atoms with Gasteiger partial charge < -0.3 is 9.47 Å². The van der Waals surface area contributed by atoms with Crippen LogP contribution in [0.2, 0.25) is 0 Å². The SMILES string of the molecule is CCCCOc1ccc(-c2cnc(-c3ccc(OCC(F)CCCC)cc3)nc2)cc1. The van der Waals surface area contributed by atoms with Gasteiger partial charge in [0.15, 0.2) is 5.82 Å². The number of nitrogens with zero attached hydrogens (tertiary/aromatic N) is 2. The normalized spacial score (nSPS) is 11.8. The first kappa shape index (κ1) is 22.7. The average Bonchev–Trinajstić information content (AvgIpc) is 2.82. The van der Waals surface area contributed by atoms with Crippen molar-refractivity contribution < 1.29 is 13.9 Å². The van der Waals surface area contributed by atoms with Crippen molar-refractivity contribution in [3.8, 4) is 34.0 Å². The standard InChI is InChI=1S/C26H31FN2O2/c1-3-5-7-23(27)19-31-25-14-10-21(11-15-25)26-28-17-22(18-29-26)20-8-12-24(13-9-20)30-16-6-4-2/h8-15,17-18,23H,3-7,16,19H2,1-2H3. The van der Waals surface area contributed by atoms with Gasteiger partial charge in [-0.1, -0.05) is 45.2 Å². The highest BCUT2D eigenvalue weighted by molar-refractivity contribution is 5.64. The fourth-order valence-corrected chi connectivity index (χ4v) is 3.10. The van der Waals surface area contributed by atoms with Crippen molar-refractivity contribution in [2.75, 3.05) is 13.2 Å². The summed E-state index contributed by atoms with van der Waals surface area (Å²) in [4.78, 5) is 9.01. The number of aromatic nitrogens is 2. The van der Waals surface area contributed by atoms with Gasteiger partial charge in [0.05, 0.1) is 6.61 Å². The highest BCUT2D eigenvalue weighted by Crippen LogP contribution is 2.24. The van der Waals surface area contributed by atoms with Crippen molar-refractivity contribution in [2.45, 2.75) is 52.1 Å².